The van der Waals surface area contributed by atoms with Gasteiger partial charge in [-0.15, -0.1) is 11.3 Å². The van der Waals surface area contributed by atoms with Crippen LogP contribution in [0.1, 0.15) is 55.9 Å². The Kier molecular flexibility index (Phi) is 5.90. The van der Waals surface area contributed by atoms with Gasteiger partial charge in [0.1, 0.15) is 0 Å². The Labute approximate surface area is 181 Å². The summed E-state index contributed by atoms with van der Waals surface area (Å²) in [6.07, 6.45) is 7.28. The largest absolute Gasteiger partial charge is 0.359 e. The highest BCUT2D eigenvalue weighted by Gasteiger charge is 2.55. The molecule has 3 aliphatic rings. The molecule has 4 atom stereocenters. The number of nitrogens with two attached hydrogens (primary N) is 1. The van der Waals surface area contributed by atoms with E-state index in [0.717, 1.165) is 41.1 Å². The molecular formula is C22H32N4O3S. The lowest BCUT2D eigenvalue weighted by Gasteiger charge is -2.31. The Hall–Kier alpha value is -1.93. The highest BCUT2D eigenvalue weighted by molar-refractivity contribution is 7.16. The molecular weight excluding hydrogens is 400 g/mol. The third-order valence-electron chi connectivity index (χ3n) is 7.23. The summed E-state index contributed by atoms with van der Waals surface area (Å²) in [7, 11) is 1.63. The summed E-state index contributed by atoms with van der Waals surface area (Å²) in [5.41, 5.74) is 6.55. The monoisotopic (exact) mass is 432 g/mol. The van der Waals surface area contributed by atoms with E-state index in [9.17, 15) is 14.4 Å². The number of fused-ring (bicyclic) bond motifs is 1. The molecule has 2 fully saturated rings. The molecule has 0 spiro atoms. The second kappa shape index (κ2) is 8.30. The Balaban J connectivity index is 1.47. The molecule has 8 heteroatoms. The minimum Gasteiger partial charge on any atom is -0.359 e. The third-order valence-corrected chi connectivity index (χ3v) is 8.32. The molecule has 0 bridgehead atoms. The van der Waals surface area contributed by atoms with Crippen molar-refractivity contribution in [2.45, 2.75) is 70.4 Å². The SMILES string of the molecule is CNC(=O)C1(C2CC(C)NC2=O)Cc2cc(NC(=O)[C@@H](N)C3CCCCC3)sc2C1. The van der Waals surface area contributed by atoms with Crippen LogP contribution in [0.2, 0.25) is 0 Å². The van der Waals surface area contributed by atoms with Gasteiger partial charge in [0.2, 0.25) is 17.7 Å². The van der Waals surface area contributed by atoms with Crippen LogP contribution in [-0.2, 0) is 27.2 Å². The van der Waals surface area contributed by atoms with E-state index in [2.05, 4.69) is 16.0 Å². The summed E-state index contributed by atoms with van der Waals surface area (Å²) in [5, 5.41) is 9.53. The van der Waals surface area contributed by atoms with Crippen LogP contribution in [0.25, 0.3) is 0 Å². The number of carbonyl (C=O) groups excluding carboxylic acids is 3. The first-order valence-electron chi connectivity index (χ1n) is 11.0. The lowest BCUT2D eigenvalue weighted by Crippen LogP contribution is -2.48. The topological polar surface area (TPSA) is 113 Å². The lowest BCUT2D eigenvalue weighted by atomic mass is 9.71. The van der Waals surface area contributed by atoms with Crippen LogP contribution >= 0.6 is 11.3 Å². The Morgan fingerprint density at radius 3 is 2.60 bits per heavy atom. The van der Waals surface area contributed by atoms with Crippen LogP contribution in [0.5, 0.6) is 0 Å². The fourth-order valence-electron chi connectivity index (χ4n) is 5.58. The van der Waals surface area contributed by atoms with E-state index in [1.165, 1.54) is 17.8 Å². The molecule has 1 saturated heterocycles. The molecule has 0 aromatic carbocycles. The number of hydrogen-bond acceptors (Lipinski definition) is 5. The van der Waals surface area contributed by atoms with Crippen molar-refractivity contribution in [3.63, 3.8) is 0 Å². The molecule has 164 valence electrons. The van der Waals surface area contributed by atoms with Gasteiger partial charge in [-0.05, 0) is 56.6 Å². The van der Waals surface area contributed by atoms with Crippen molar-refractivity contribution >= 4 is 34.1 Å². The van der Waals surface area contributed by atoms with E-state index in [4.69, 9.17) is 5.73 Å². The summed E-state index contributed by atoms with van der Waals surface area (Å²) in [6, 6.07) is 1.57. The predicted molar refractivity (Wildman–Crippen MR) is 117 cm³/mol. The van der Waals surface area contributed by atoms with Gasteiger partial charge < -0.3 is 21.7 Å². The van der Waals surface area contributed by atoms with Crippen LogP contribution in [-0.4, -0.2) is 36.9 Å². The van der Waals surface area contributed by atoms with Crippen molar-refractivity contribution in [2.24, 2.45) is 23.0 Å². The molecule has 3 unspecified atom stereocenters. The summed E-state index contributed by atoms with van der Waals surface area (Å²) in [5.74, 6) is -0.305. The molecule has 2 aliphatic carbocycles. The fraction of sp³-hybridized carbons (Fsp3) is 0.682. The highest BCUT2D eigenvalue weighted by Crippen LogP contribution is 2.49. The van der Waals surface area contributed by atoms with Crippen molar-refractivity contribution in [3.8, 4) is 0 Å². The normalized spacial score (nSPS) is 29.9. The van der Waals surface area contributed by atoms with Gasteiger partial charge in [-0.3, -0.25) is 14.4 Å². The van der Waals surface area contributed by atoms with Crippen LogP contribution in [0.15, 0.2) is 6.07 Å². The number of amides is 3. The number of rotatable bonds is 5. The van der Waals surface area contributed by atoms with E-state index in [1.807, 2.05) is 13.0 Å². The van der Waals surface area contributed by atoms with Gasteiger partial charge in [0, 0.05) is 18.0 Å². The highest BCUT2D eigenvalue weighted by atomic mass is 32.1. The van der Waals surface area contributed by atoms with Crippen molar-refractivity contribution in [2.75, 3.05) is 12.4 Å². The number of thiophene rings is 1. The number of nitrogens with one attached hydrogen (secondary N) is 3. The molecule has 4 rings (SSSR count). The molecule has 3 amide bonds. The molecule has 1 aromatic rings. The maximum Gasteiger partial charge on any atom is 0.242 e. The van der Waals surface area contributed by atoms with Gasteiger partial charge in [0.05, 0.1) is 22.4 Å². The summed E-state index contributed by atoms with van der Waals surface area (Å²) >= 11 is 1.51. The van der Waals surface area contributed by atoms with Gasteiger partial charge >= 0.3 is 0 Å². The minimum atomic E-state index is -0.744. The first-order valence-corrected chi connectivity index (χ1v) is 11.9. The van der Waals surface area contributed by atoms with Crippen LogP contribution < -0.4 is 21.7 Å². The molecule has 7 nitrogen and oxygen atoms in total. The molecule has 1 aromatic heterocycles. The molecule has 0 radical (unpaired) electrons. The molecule has 1 aliphatic heterocycles. The third kappa shape index (κ3) is 3.75. The summed E-state index contributed by atoms with van der Waals surface area (Å²) in [4.78, 5) is 39.2. The number of hydrogen-bond donors (Lipinski definition) is 4. The Bertz CT molecular complexity index is 822. The summed E-state index contributed by atoms with van der Waals surface area (Å²) < 4.78 is 0. The van der Waals surface area contributed by atoms with Gasteiger partial charge in [-0.2, -0.15) is 0 Å². The second-order valence-electron chi connectivity index (χ2n) is 9.26. The van der Waals surface area contributed by atoms with Crippen LogP contribution in [0.4, 0.5) is 5.00 Å². The minimum absolute atomic E-state index is 0.0340. The van der Waals surface area contributed by atoms with Gasteiger partial charge in [0.25, 0.3) is 0 Å². The van der Waals surface area contributed by atoms with E-state index >= 15 is 0 Å². The van der Waals surface area contributed by atoms with Crippen molar-refractivity contribution in [1.82, 2.24) is 10.6 Å². The molecule has 2 heterocycles. The average Bonchev–Trinajstić information content (AvgIpc) is 3.38. The van der Waals surface area contributed by atoms with Gasteiger partial charge in [0.15, 0.2) is 0 Å². The maximum absolute atomic E-state index is 12.9. The first kappa shape index (κ1) is 21.3. The average molecular weight is 433 g/mol. The van der Waals surface area contributed by atoms with E-state index < -0.39 is 11.5 Å². The first-order chi connectivity index (χ1) is 14.3. The standard InChI is InChI=1S/C22H32N4O3S/c1-12-8-15(19(27)25-12)22(21(29)24-2)10-14-9-17(30-16(14)11-22)26-20(28)18(23)13-6-4-3-5-7-13/h9,12-13,15,18H,3-8,10-11,23H2,1-2H3,(H,24,29)(H,25,27)(H,26,28)/t12?,15?,18-,22?/m0/s1. The predicted octanol–water partition coefficient (Wildman–Crippen LogP) is 1.95. The Morgan fingerprint density at radius 1 is 1.27 bits per heavy atom. The smallest absolute Gasteiger partial charge is 0.242 e. The van der Waals surface area contributed by atoms with Crippen LogP contribution in [0.3, 0.4) is 0 Å². The fourth-order valence-corrected chi connectivity index (χ4v) is 6.79. The molecule has 1 saturated carbocycles. The second-order valence-corrected chi connectivity index (χ2v) is 10.4. The molecule has 5 N–H and O–H groups in total. The van der Waals surface area contributed by atoms with E-state index in [0.29, 0.717) is 19.3 Å². The maximum atomic E-state index is 12.9. The quantitative estimate of drug-likeness (QED) is 0.569. The van der Waals surface area contributed by atoms with Crippen molar-refractivity contribution < 1.29 is 14.4 Å². The Morgan fingerprint density at radius 2 is 2.00 bits per heavy atom. The van der Waals surface area contributed by atoms with E-state index in [-0.39, 0.29) is 35.6 Å². The van der Waals surface area contributed by atoms with Crippen molar-refractivity contribution in [3.05, 3.63) is 16.5 Å². The zero-order chi connectivity index (χ0) is 21.5. The number of carbonyl (C=O) groups is 3. The zero-order valence-electron chi connectivity index (χ0n) is 17.8. The van der Waals surface area contributed by atoms with Gasteiger partial charge in [-0.1, -0.05) is 19.3 Å². The molecule has 30 heavy (non-hydrogen) atoms. The number of anilines is 1. The summed E-state index contributed by atoms with van der Waals surface area (Å²) in [6.45, 7) is 1.98. The van der Waals surface area contributed by atoms with Crippen molar-refractivity contribution in [1.29, 1.82) is 0 Å². The zero-order valence-corrected chi connectivity index (χ0v) is 18.6. The van der Waals surface area contributed by atoms with Gasteiger partial charge in [-0.25, -0.2) is 0 Å². The van der Waals surface area contributed by atoms with Crippen LogP contribution in [0, 0.1) is 17.3 Å². The van der Waals surface area contributed by atoms with E-state index in [1.54, 1.807) is 7.05 Å². The lowest BCUT2D eigenvalue weighted by molar-refractivity contribution is -0.139.